The Morgan fingerprint density at radius 3 is 2.89 bits per heavy atom. The predicted octanol–water partition coefficient (Wildman–Crippen LogP) is 0.686. The number of hydrogen-bond acceptors (Lipinski definition) is 4. The van der Waals surface area contributed by atoms with Gasteiger partial charge in [-0.25, -0.2) is 4.68 Å². The number of rotatable bonds is 6. The molecule has 1 saturated carbocycles. The smallest absolute Gasteiger partial charge is 0.269 e. The van der Waals surface area contributed by atoms with Crippen molar-refractivity contribution in [2.75, 3.05) is 18.9 Å². The zero-order chi connectivity index (χ0) is 13.8. The van der Waals surface area contributed by atoms with Crippen LogP contribution in [0.3, 0.4) is 0 Å². The van der Waals surface area contributed by atoms with Crippen LogP contribution in [0.1, 0.15) is 26.2 Å². The van der Waals surface area contributed by atoms with Crippen molar-refractivity contribution in [1.82, 2.24) is 14.7 Å². The van der Waals surface area contributed by atoms with Gasteiger partial charge in [-0.15, -0.1) is 0 Å². The van der Waals surface area contributed by atoms with Crippen LogP contribution in [0.5, 0.6) is 0 Å². The van der Waals surface area contributed by atoms with Gasteiger partial charge >= 0.3 is 0 Å². The molecular formula is C13H20N4O2. The van der Waals surface area contributed by atoms with E-state index in [1.165, 1.54) is 10.7 Å². The summed E-state index contributed by atoms with van der Waals surface area (Å²) in [6.07, 6.45) is 4.68. The Labute approximate surface area is 112 Å². The molecule has 0 radical (unpaired) electrons. The van der Waals surface area contributed by atoms with Gasteiger partial charge in [0.25, 0.3) is 5.56 Å². The number of nitrogens with zero attached hydrogens (tertiary/aromatic N) is 3. The van der Waals surface area contributed by atoms with Crippen molar-refractivity contribution in [2.24, 2.45) is 0 Å². The van der Waals surface area contributed by atoms with E-state index in [-0.39, 0.29) is 18.0 Å². The van der Waals surface area contributed by atoms with Crippen molar-refractivity contribution in [2.45, 2.75) is 38.8 Å². The first-order valence-electron chi connectivity index (χ1n) is 6.68. The zero-order valence-electron chi connectivity index (χ0n) is 11.4. The molecule has 0 saturated heterocycles. The van der Waals surface area contributed by atoms with Crippen LogP contribution in [0.25, 0.3) is 0 Å². The lowest BCUT2D eigenvalue weighted by Crippen LogP contribution is -2.36. The Hall–Kier alpha value is -1.85. The lowest BCUT2D eigenvalue weighted by molar-refractivity contribution is -0.131. The first-order chi connectivity index (χ1) is 9.11. The summed E-state index contributed by atoms with van der Waals surface area (Å²) in [7, 11) is 1.78. The number of carbonyl (C=O) groups is 1. The number of carbonyl (C=O) groups excluding carboxylic acids is 1. The van der Waals surface area contributed by atoms with Gasteiger partial charge in [-0.2, -0.15) is 5.10 Å². The van der Waals surface area contributed by atoms with E-state index in [9.17, 15) is 9.59 Å². The van der Waals surface area contributed by atoms with Crippen molar-refractivity contribution in [3.05, 3.63) is 22.6 Å². The van der Waals surface area contributed by atoms with E-state index >= 15 is 0 Å². The molecule has 6 nitrogen and oxygen atoms in total. The molecule has 1 aromatic heterocycles. The Morgan fingerprint density at radius 2 is 2.32 bits per heavy atom. The molecule has 0 atom stereocenters. The van der Waals surface area contributed by atoms with Gasteiger partial charge in [0.05, 0.1) is 11.9 Å². The van der Waals surface area contributed by atoms with E-state index in [0.717, 1.165) is 25.8 Å². The highest BCUT2D eigenvalue weighted by molar-refractivity contribution is 5.76. The highest BCUT2D eigenvalue weighted by Crippen LogP contribution is 2.25. The molecule has 1 fully saturated rings. The molecular weight excluding hydrogens is 244 g/mol. The first kappa shape index (κ1) is 13.6. The van der Waals surface area contributed by atoms with Crippen LogP contribution in [0, 0.1) is 0 Å². The largest absolute Gasteiger partial charge is 0.384 e. The van der Waals surface area contributed by atoms with E-state index in [1.807, 2.05) is 6.92 Å². The molecule has 0 spiro atoms. The van der Waals surface area contributed by atoms with Gasteiger partial charge in [-0.1, -0.05) is 6.92 Å². The van der Waals surface area contributed by atoms with Gasteiger partial charge < -0.3 is 10.2 Å². The standard InChI is InChI=1S/C13H20N4O2/c1-3-6-14-10-7-12(18)17(15-8-10)9-13(19)16(2)11-4-5-11/h7-8,11,14H,3-6,9H2,1-2H3. The van der Waals surface area contributed by atoms with E-state index < -0.39 is 0 Å². The molecule has 2 rings (SSSR count). The molecule has 0 unspecified atom stereocenters. The summed E-state index contributed by atoms with van der Waals surface area (Å²) in [5, 5.41) is 7.12. The highest BCUT2D eigenvalue weighted by atomic mass is 16.2. The fourth-order valence-electron chi connectivity index (χ4n) is 1.82. The Bertz CT molecular complexity index is 508. The summed E-state index contributed by atoms with van der Waals surface area (Å²) in [5.74, 6) is -0.0635. The number of likely N-dealkylation sites (N-methyl/N-ethyl adjacent to an activating group) is 1. The van der Waals surface area contributed by atoms with Gasteiger partial charge in [0.2, 0.25) is 5.91 Å². The summed E-state index contributed by atoms with van der Waals surface area (Å²) in [4.78, 5) is 25.5. The lowest BCUT2D eigenvalue weighted by Gasteiger charge is -2.16. The van der Waals surface area contributed by atoms with Crippen molar-refractivity contribution < 1.29 is 4.79 Å². The molecule has 1 aliphatic carbocycles. The maximum absolute atomic E-state index is 11.9. The maximum atomic E-state index is 11.9. The summed E-state index contributed by atoms with van der Waals surface area (Å²) in [6.45, 7) is 2.86. The van der Waals surface area contributed by atoms with Gasteiger partial charge in [-0.3, -0.25) is 9.59 Å². The normalized spacial score (nSPS) is 14.2. The minimum Gasteiger partial charge on any atom is -0.384 e. The van der Waals surface area contributed by atoms with Gasteiger partial charge in [-0.05, 0) is 19.3 Å². The van der Waals surface area contributed by atoms with Crippen LogP contribution >= 0.6 is 0 Å². The van der Waals surface area contributed by atoms with Crippen LogP contribution in [0.2, 0.25) is 0 Å². The van der Waals surface area contributed by atoms with Crippen LogP contribution in [0.15, 0.2) is 17.1 Å². The molecule has 0 bridgehead atoms. The highest BCUT2D eigenvalue weighted by Gasteiger charge is 2.29. The van der Waals surface area contributed by atoms with Crippen molar-refractivity contribution in [1.29, 1.82) is 0 Å². The van der Waals surface area contributed by atoms with Gasteiger partial charge in [0, 0.05) is 25.7 Å². The minimum atomic E-state index is -0.251. The number of amides is 1. The average molecular weight is 264 g/mol. The Morgan fingerprint density at radius 1 is 1.58 bits per heavy atom. The molecule has 1 aromatic rings. The van der Waals surface area contributed by atoms with Crippen molar-refractivity contribution >= 4 is 11.6 Å². The molecule has 1 aliphatic rings. The van der Waals surface area contributed by atoms with E-state index in [0.29, 0.717) is 11.7 Å². The van der Waals surface area contributed by atoms with Gasteiger partial charge in [0.15, 0.2) is 0 Å². The third-order valence-electron chi connectivity index (χ3n) is 3.22. The monoisotopic (exact) mass is 264 g/mol. The molecule has 104 valence electrons. The van der Waals surface area contributed by atoms with Crippen LogP contribution in [0.4, 0.5) is 5.69 Å². The third kappa shape index (κ3) is 3.56. The quantitative estimate of drug-likeness (QED) is 0.820. The summed E-state index contributed by atoms with van der Waals surface area (Å²) in [6, 6.07) is 1.83. The SMILES string of the molecule is CCCNc1cnn(CC(=O)N(C)C2CC2)c(=O)c1. The van der Waals surface area contributed by atoms with Gasteiger partial charge in [0.1, 0.15) is 6.54 Å². The Kier molecular flexibility index (Phi) is 4.19. The molecule has 6 heteroatoms. The molecule has 1 N–H and O–H groups in total. The fourth-order valence-corrected chi connectivity index (χ4v) is 1.82. The minimum absolute atomic E-state index is 0.0138. The molecule has 0 aromatic carbocycles. The van der Waals surface area contributed by atoms with Crippen molar-refractivity contribution in [3.8, 4) is 0 Å². The molecule has 19 heavy (non-hydrogen) atoms. The number of aromatic nitrogens is 2. The first-order valence-corrected chi connectivity index (χ1v) is 6.68. The fraction of sp³-hybridized carbons (Fsp3) is 0.615. The van der Waals surface area contributed by atoms with E-state index in [2.05, 4.69) is 10.4 Å². The third-order valence-corrected chi connectivity index (χ3v) is 3.22. The second-order valence-electron chi connectivity index (χ2n) is 4.90. The number of hydrogen-bond donors (Lipinski definition) is 1. The summed E-state index contributed by atoms with van der Waals surface area (Å²) >= 11 is 0. The molecule has 0 aliphatic heterocycles. The molecule has 1 heterocycles. The molecule has 1 amide bonds. The van der Waals surface area contributed by atoms with Crippen molar-refractivity contribution in [3.63, 3.8) is 0 Å². The zero-order valence-corrected chi connectivity index (χ0v) is 11.4. The van der Waals surface area contributed by atoms with Crippen LogP contribution in [-0.4, -0.2) is 40.2 Å². The summed E-state index contributed by atoms with van der Waals surface area (Å²) < 4.78 is 1.21. The number of nitrogens with one attached hydrogen (secondary N) is 1. The van der Waals surface area contributed by atoms with Crippen LogP contribution < -0.4 is 10.9 Å². The van der Waals surface area contributed by atoms with Crippen LogP contribution in [-0.2, 0) is 11.3 Å². The topological polar surface area (TPSA) is 67.2 Å². The Balaban J connectivity index is 2.00. The summed E-state index contributed by atoms with van der Waals surface area (Å²) in [5.41, 5.74) is 0.449. The number of anilines is 1. The maximum Gasteiger partial charge on any atom is 0.269 e. The van der Waals surface area contributed by atoms with E-state index in [1.54, 1.807) is 18.1 Å². The second-order valence-corrected chi connectivity index (χ2v) is 4.90. The van der Waals surface area contributed by atoms with E-state index in [4.69, 9.17) is 0 Å². The average Bonchev–Trinajstić information content (AvgIpc) is 3.22. The second kappa shape index (κ2) is 5.86. The lowest BCUT2D eigenvalue weighted by atomic mass is 10.4. The predicted molar refractivity (Wildman–Crippen MR) is 73.1 cm³/mol.